The summed E-state index contributed by atoms with van der Waals surface area (Å²) in [4.78, 5) is 17.5. The molecular formula is C19H14F2N2O4. The maximum Gasteiger partial charge on any atom is 0.387 e. The fourth-order valence-corrected chi connectivity index (χ4v) is 3.15. The lowest BCUT2D eigenvalue weighted by Gasteiger charge is -2.23. The first-order valence-corrected chi connectivity index (χ1v) is 8.26. The van der Waals surface area contributed by atoms with Crippen LogP contribution in [0.4, 0.5) is 8.78 Å². The van der Waals surface area contributed by atoms with Crippen molar-refractivity contribution < 1.29 is 27.6 Å². The average Bonchev–Trinajstić information content (AvgIpc) is 3.13. The number of Topliss-reactive ketones (excluding diaryl/α,β-unsaturated/α-hetero) is 1. The number of fused-ring (bicyclic) bond motifs is 3. The van der Waals surface area contributed by atoms with Gasteiger partial charge in [-0.1, -0.05) is 17.3 Å². The number of carbonyl (C=O) groups excluding carboxylic acids is 1. The molecule has 0 bridgehead atoms. The van der Waals surface area contributed by atoms with Gasteiger partial charge in [0.15, 0.2) is 11.5 Å². The lowest BCUT2D eigenvalue weighted by atomic mass is 9.80. The SMILES string of the molecule is CCOc1ccc2c(n1)C(c1ccc(OC(F)F)cc1)C(=O)c1nocc1-2. The minimum atomic E-state index is -2.92. The summed E-state index contributed by atoms with van der Waals surface area (Å²) in [5.41, 5.74) is 2.58. The molecular weight excluding hydrogens is 358 g/mol. The minimum Gasteiger partial charge on any atom is -0.478 e. The third-order valence-electron chi connectivity index (χ3n) is 4.26. The molecule has 0 saturated carbocycles. The van der Waals surface area contributed by atoms with Gasteiger partial charge in [0.2, 0.25) is 5.88 Å². The Balaban J connectivity index is 1.81. The van der Waals surface area contributed by atoms with Gasteiger partial charge < -0.3 is 14.0 Å². The lowest BCUT2D eigenvalue weighted by molar-refractivity contribution is -0.0498. The van der Waals surface area contributed by atoms with E-state index in [2.05, 4.69) is 14.9 Å². The molecule has 8 heteroatoms. The van der Waals surface area contributed by atoms with Crippen molar-refractivity contribution in [3.05, 3.63) is 59.6 Å². The van der Waals surface area contributed by atoms with E-state index in [1.807, 2.05) is 6.92 Å². The summed E-state index contributed by atoms with van der Waals surface area (Å²) in [6.07, 6.45) is 1.41. The molecule has 27 heavy (non-hydrogen) atoms. The number of carbonyl (C=O) groups is 1. The topological polar surface area (TPSA) is 74.5 Å². The summed E-state index contributed by atoms with van der Waals surface area (Å²) in [6, 6.07) is 9.41. The smallest absolute Gasteiger partial charge is 0.387 e. The molecule has 0 aliphatic heterocycles. The molecule has 2 aromatic heterocycles. The Morgan fingerprint density at radius 1 is 1.15 bits per heavy atom. The fraction of sp³-hybridized carbons (Fsp3) is 0.211. The maximum atomic E-state index is 13.0. The van der Waals surface area contributed by atoms with Crippen LogP contribution >= 0.6 is 0 Å². The van der Waals surface area contributed by atoms with Gasteiger partial charge in [0.1, 0.15) is 12.0 Å². The van der Waals surface area contributed by atoms with Crippen molar-refractivity contribution in [2.75, 3.05) is 6.61 Å². The van der Waals surface area contributed by atoms with Gasteiger partial charge in [0, 0.05) is 11.6 Å². The molecule has 3 aromatic rings. The number of hydrogen-bond acceptors (Lipinski definition) is 6. The summed E-state index contributed by atoms with van der Waals surface area (Å²) in [5.74, 6) is -0.629. The van der Waals surface area contributed by atoms with E-state index < -0.39 is 12.5 Å². The first-order chi connectivity index (χ1) is 13.1. The van der Waals surface area contributed by atoms with Gasteiger partial charge in [-0.3, -0.25) is 4.79 Å². The van der Waals surface area contributed by atoms with Crippen molar-refractivity contribution in [2.24, 2.45) is 0 Å². The summed E-state index contributed by atoms with van der Waals surface area (Å²) < 4.78 is 39.5. The van der Waals surface area contributed by atoms with Crippen molar-refractivity contribution in [3.63, 3.8) is 0 Å². The number of aromatic nitrogens is 2. The van der Waals surface area contributed by atoms with Gasteiger partial charge in [0.25, 0.3) is 0 Å². The summed E-state index contributed by atoms with van der Waals surface area (Å²) >= 11 is 0. The fourth-order valence-electron chi connectivity index (χ4n) is 3.15. The summed E-state index contributed by atoms with van der Waals surface area (Å²) in [5, 5.41) is 3.82. The molecule has 1 aliphatic carbocycles. The zero-order valence-electron chi connectivity index (χ0n) is 14.2. The lowest BCUT2D eigenvalue weighted by Crippen LogP contribution is -2.22. The zero-order valence-corrected chi connectivity index (χ0v) is 14.2. The number of rotatable bonds is 5. The third kappa shape index (κ3) is 3.03. The second-order valence-electron chi connectivity index (χ2n) is 5.84. The van der Waals surface area contributed by atoms with E-state index in [9.17, 15) is 13.6 Å². The van der Waals surface area contributed by atoms with Gasteiger partial charge in [-0.05, 0) is 30.7 Å². The monoisotopic (exact) mass is 372 g/mol. The maximum absolute atomic E-state index is 13.0. The first-order valence-electron chi connectivity index (χ1n) is 8.26. The third-order valence-corrected chi connectivity index (χ3v) is 4.26. The second-order valence-corrected chi connectivity index (χ2v) is 5.84. The molecule has 0 radical (unpaired) electrons. The Morgan fingerprint density at radius 2 is 1.93 bits per heavy atom. The van der Waals surface area contributed by atoms with Gasteiger partial charge >= 0.3 is 6.61 Å². The number of ketones is 1. The molecule has 4 rings (SSSR count). The first kappa shape index (κ1) is 17.1. The normalized spacial score (nSPS) is 15.4. The van der Waals surface area contributed by atoms with Gasteiger partial charge in [-0.15, -0.1) is 0 Å². The zero-order chi connectivity index (χ0) is 19.0. The Hall–Kier alpha value is -3.29. The van der Waals surface area contributed by atoms with Crippen LogP contribution in [0, 0.1) is 0 Å². The van der Waals surface area contributed by atoms with Crippen LogP contribution in [0.3, 0.4) is 0 Å². The quantitative estimate of drug-likeness (QED) is 0.672. The van der Waals surface area contributed by atoms with E-state index in [0.29, 0.717) is 34.9 Å². The average molecular weight is 372 g/mol. The highest BCUT2D eigenvalue weighted by atomic mass is 19.3. The minimum absolute atomic E-state index is 0.00961. The van der Waals surface area contributed by atoms with Gasteiger partial charge in [-0.2, -0.15) is 8.78 Å². The molecule has 0 spiro atoms. The van der Waals surface area contributed by atoms with Crippen molar-refractivity contribution in [3.8, 4) is 22.8 Å². The predicted molar refractivity (Wildman–Crippen MR) is 90.2 cm³/mol. The van der Waals surface area contributed by atoms with Crippen LogP contribution in [0.2, 0.25) is 0 Å². The van der Waals surface area contributed by atoms with Crippen LogP contribution in [-0.2, 0) is 0 Å². The van der Waals surface area contributed by atoms with Crippen molar-refractivity contribution in [2.45, 2.75) is 19.5 Å². The molecule has 0 N–H and O–H groups in total. The number of benzene rings is 1. The highest BCUT2D eigenvalue weighted by molar-refractivity contribution is 6.09. The Kier molecular flexibility index (Phi) is 4.31. The number of nitrogens with zero attached hydrogens (tertiary/aromatic N) is 2. The van der Waals surface area contributed by atoms with E-state index >= 15 is 0 Å². The Bertz CT molecular complexity index is 986. The van der Waals surface area contributed by atoms with E-state index in [-0.39, 0.29) is 17.2 Å². The second kappa shape index (κ2) is 6.79. The number of pyridine rings is 1. The molecule has 2 heterocycles. The van der Waals surface area contributed by atoms with E-state index in [1.165, 1.54) is 18.4 Å². The van der Waals surface area contributed by atoms with Crippen LogP contribution in [-0.4, -0.2) is 29.1 Å². The Labute approximate surface area is 152 Å². The molecule has 138 valence electrons. The molecule has 1 atom stereocenters. The van der Waals surface area contributed by atoms with Crippen LogP contribution in [0.25, 0.3) is 11.1 Å². The molecule has 6 nitrogen and oxygen atoms in total. The number of alkyl halides is 2. The largest absolute Gasteiger partial charge is 0.478 e. The van der Waals surface area contributed by atoms with Crippen LogP contribution in [0.1, 0.15) is 34.6 Å². The number of ether oxygens (including phenoxy) is 2. The van der Waals surface area contributed by atoms with Crippen LogP contribution in [0.5, 0.6) is 11.6 Å². The van der Waals surface area contributed by atoms with Crippen LogP contribution < -0.4 is 9.47 Å². The van der Waals surface area contributed by atoms with E-state index in [1.54, 1.807) is 24.3 Å². The van der Waals surface area contributed by atoms with Crippen LogP contribution in [0.15, 0.2) is 47.2 Å². The summed E-state index contributed by atoms with van der Waals surface area (Å²) in [7, 11) is 0. The molecule has 0 amide bonds. The Morgan fingerprint density at radius 3 is 2.63 bits per heavy atom. The van der Waals surface area contributed by atoms with Crippen molar-refractivity contribution in [1.82, 2.24) is 10.1 Å². The standard InChI is InChI=1S/C19H14F2N2O4/c1-2-25-14-8-7-12-13-9-26-23-17(13)18(24)15(16(12)22-14)10-3-5-11(6-4-10)27-19(20)21/h3-9,15,19H,2H2,1H3. The van der Waals surface area contributed by atoms with Gasteiger partial charge in [0.05, 0.1) is 23.8 Å². The van der Waals surface area contributed by atoms with Crippen molar-refractivity contribution >= 4 is 5.78 Å². The summed E-state index contributed by atoms with van der Waals surface area (Å²) in [6.45, 7) is -0.646. The highest BCUT2D eigenvalue weighted by Gasteiger charge is 2.37. The number of halogens is 2. The number of hydrogen-bond donors (Lipinski definition) is 0. The van der Waals surface area contributed by atoms with E-state index in [0.717, 1.165) is 0 Å². The predicted octanol–water partition coefficient (Wildman–Crippen LogP) is 4.06. The van der Waals surface area contributed by atoms with E-state index in [4.69, 9.17) is 9.26 Å². The molecule has 0 saturated heterocycles. The van der Waals surface area contributed by atoms with Crippen molar-refractivity contribution in [1.29, 1.82) is 0 Å². The molecule has 0 fully saturated rings. The molecule has 1 aromatic carbocycles. The van der Waals surface area contributed by atoms with Gasteiger partial charge in [-0.25, -0.2) is 4.98 Å². The highest BCUT2D eigenvalue weighted by Crippen LogP contribution is 2.42. The molecule has 1 unspecified atom stereocenters. The molecule has 1 aliphatic rings.